The first-order valence-electron chi connectivity index (χ1n) is 4.92. The Morgan fingerprint density at radius 1 is 1.56 bits per heavy atom. The quantitative estimate of drug-likeness (QED) is 0.825. The maximum atomic E-state index is 11.1. The van der Waals surface area contributed by atoms with E-state index in [9.17, 15) is 4.79 Å². The monoisotopic (exact) mass is 255 g/mol. The van der Waals surface area contributed by atoms with Crippen LogP contribution in [0.25, 0.3) is 0 Å². The molecule has 1 aliphatic heterocycles. The number of amidine groups is 1. The summed E-state index contributed by atoms with van der Waals surface area (Å²) in [7, 11) is 0. The summed E-state index contributed by atoms with van der Waals surface area (Å²) in [6.45, 7) is 5.71. The minimum atomic E-state index is -0.00866. The maximum Gasteiger partial charge on any atom is 0.189 e. The highest BCUT2D eigenvalue weighted by Crippen LogP contribution is 2.28. The first kappa shape index (κ1) is 11.6. The lowest BCUT2D eigenvalue weighted by atomic mass is 10.1. The molecule has 0 bridgehead atoms. The molecule has 86 valence electrons. The first-order valence-corrected chi connectivity index (χ1v) is 6.79. The Morgan fingerprint density at radius 3 is 2.81 bits per heavy atom. The minimum Gasteiger partial charge on any atom is -0.311 e. The fraction of sp³-hybridized carbons (Fsp3) is 0.500. The van der Waals surface area contributed by atoms with Gasteiger partial charge in [0, 0.05) is 18.1 Å². The highest BCUT2D eigenvalue weighted by Gasteiger charge is 2.25. The molecule has 1 N–H and O–H groups in total. The van der Waals surface area contributed by atoms with E-state index in [2.05, 4.69) is 29.1 Å². The van der Waals surface area contributed by atoms with Crippen molar-refractivity contribution in [2.45, 2.75) is 26.3 Å². The van der Waals surface area contributed by atoms with E-state index in [0.29, 0.717) is 5.69 Å². The number of hydrogen-bond acceptors (Lipinski definition) is 6. The molecule has 0 fully saturated rings. The topological polar surface area (TPSA) is 54.4 Å². The molecule has 0 aromatic carbocycles. The fourth-order valence-electron chi connectivity index (χ4n) is 1.23. The SMILES string of the molecule is CC(=O)c1csc(NC2=NC(C)(C)CS2)n1. The molecule has 2 rings (SSSR count). The summed E-state index contributed by atoms with van der Waals surface area (Å²) in [5.74, 6) is 0.964. The van der Waals surface area contributed by atoms with Gasteiger partial charge in [-0.2, -0.15) is 0 Å². The van der Waals surface area contributed by atoms with Gasteiger partial charge in [0.2, 0.25) is 0 Å². The molecule has 2 heterocycles. The average molecular weight is 255 g/mol. The van der Waals surface area contributed by atoms with Crippen molar-refractivity contribution in [3.63, 3.8) is 0 Å². The van der Waals surface area contributed by atoms with E-state index in [1.54, 1.807) is 17.1 Å². The van der Waals surface area contributed by atoms with Gasteiger partial charge in [-0.25, -0.2) is 4.98 Å². The third-order valence-corrected chi connectivity index (χ3v) is 4.12. The van der Waals surface area contributed by atoms with Crippen LogP contribution in [-0.2, 0) is 0 Å². The van der Waals surface area contributed by atoms with Crippen molar-refractivity contribution in [1.29, 1.82) is 0 Å². The van der Waals surface area contributed by atoms with Crippen LogP contribution in [-0.4, -0.2) is 27.2 Å². The number of aromatic nitrogens is 1. The second-order valence-corrected chi connectivity index (χ2v) is 6.06. The Labute approximate surface area is 103 Å². The number of nitrogens with zero attached hydrogens (tertiary/aromatic N) is 2. The molecule has 16 heavy (non-hydrogen) atoms. The van der Waals surface area contributed by atoms with E-state index in [0.717, 1.165) is 16.1 Å². The molecular weight excluding hydrogens is 242 g/mol. The zero-order chi connectivity index (χ0) is 11.8. The summed E-state index contributed by atoms with van der Waals surface area (Å²) in [5.41, 5.74) is 0.503. The van der Waals surface area contributed by atoms with E-state index in [1.165, 1.54) is 18.3 Å². The van der Waals surface area contributed by atoms with Gasteiger partial charge in [0.25, 0.3) is 0 Å². The zero-order valence-corrected chi connectivity index (χ0v) is 11.0. The summed E-state index contributed by atoms with van der Waals surface area (Å²) in [6, 6.07) is 0. The van der Waals surface area contributed by atoms with Crippen molar-refractivity contribution in [3.8, 4) is 0 Å². The Balaban J connectivity index is 2.07. The second-order valence-electron chi connectivity index (χ2n) is 4.24. The van der Waals surface area contributed by atoms with Gasteiger partial charge in [0.15, 0.2) is 16.1 Å². The zero-order valence-electron chi connectivity index (χ0n) is 9.40. The molecule has 4 nitrogen and oxygen atoms in total. The molecule has 1 aromatic rings. The highest BCUT2D eigenvalue weighted by atomic mass is 32.2. The average Bonchev–Trinajstić information content (AvgIpc) is 2.73. The van der Waals surface area contributed by atoms with Gasteiger partial charge in [-0.3, -0.25) is 9.79 Å². The summed E-state index contributed by atoms with van der Waals surface area (Å²) in [4.78, 5) is 19.8. The van der Waals surface area contributed by atoms with Crippen LogP contribution in [0.4, 0.5) is 5.13 Å². The number of hydrogen-bond donors (Lipinski definition) is 1. The standard InChI is InChI=1S/C10H13N3OS2/c1-6(14)7-4-15-8(11-7)12-9-13-10(2,3)5-16-9/h4H,5H2,1-3H3,(H,11,12,13). The number of carbonyl (C=O) groups excluding carboxylic acids is 1. The van der Waals surface area contributed by atoms with Crippen molar-refractivity contribution < 1.29 is 4.79 Å². The number of thioether (sulfide) groups is 1. The number of ketones is 1. The van der Waals surface area contributed by atoms with Crippen LogP contribution < -0.4 is 5.32 Å². The van der Waals surface area contributed by atoms with Crippen LogP contribution in [0.5, 0.6) is 0 Å². The van der Waals surface area contributed by atoms with Crippen molar-refractivity contribution in [3.05, 3.63) is 11.1 Å². The van der Waals surface area contributed by atoms with E-state index in [4.69, 9.17) is 0 Å². The van der Waals surface area contributed by atoms with Gasteiger partial charge in [0.05, 0.1) is 5.54 Å². The Hall–Kier alpha value is -0.880. The lowest BCUT2D eigenvalue weighted by Crippen LogP contribution is -2.15. The molecule has 0 atom stereocenters. The highest BCUT2D eigenvalue weighted by molar-refractivity contribution is 8.14. The molecule has 0 radical (unpaired) electrons. The third kappa shape index (κ3) is 2.62. The van der Waals surface area contributed by atoms with Gasteiger partial charge in [-0.1, -0.05) is 11.8 Å². The lowest BCUT2D eigenvalue weighted by molar-refractivity contribution is 0.101. The van der Waals surface area contributed by atoms with Crippen molar-refractivity contribution in [2.24, 2.45) is 4.99 Å². The van der Waals surface area contributed by atoms with E-state index in [1.807, 2.05) is 0 Å². The van der Waals surface area contributed by atoms with Crippen LogP contribution in [0.2, 0.25) is 0 Å². The molecule has 1 aromatic heterocycles. The fourth-order valence-corrected chi connectivity index (χ4v) is 3.08. The number of carbonyl (C=O) groups is 1. The summed E-state index contributed by atoms with van der Waals surface area (Å²) in [5, 5.41) is 6.51. The Bertz CT molecular complexity index is 451. The lowest BCUT2D eigenvalue weighted by Gasteiger charge is -2.09. The number of nitrogens with one attached hydrogen (secondary N) is 1. The van der Waals surface area contributed by atoms with Gasteiger partial charge in [-0.05, 0) is 13.8 Å². The summed E-state index contributed by atoms with van der Waals surface area (Å²) < 4.78 is 0. The summed E-state index contributed by atoms with van der Waals surface area (Å²) in [6.07, 6.45) is 0. The number of anilines is 1. The largest absolute Gasteiger partial charge is 0.311 e. The van der Waals surface area contributed by atoms with Gasteiger partial charge >= 0.3 is 0 Å². The first-order chi connectivity index (χ1) is 7.46. The maximum absolute atomic E-state index is 11.1. The number of Topliss-reactive ketones (excluding diaryl/α,β-unsaturated/α-hetero) is 1. The van der Waals surface area contributed by atoms with Crippen LogP contribution in [0.15, 0.2) is 10.4 Å². The van der Waals surface area contributed by atoms with Gasteiger partial charge in [-0.15, -0.1) is 11.3 Å². The van der Waals surface area contributed by atoms with E-state index in [-0.39, 0.29) is 11.3 Å². The summed E-state index contributed by atoms with van der Waals surface area (Å²) >= 11 is 3.11. The normalized spacial score (nSPS) is 18.3. The van der Waals surface area contributed by atoms with Crippen LogP contribution >= 0.6 is 23.1 Å². The van der Waals surface area contributed by atoms with Gasteiger partial charge in [0.1, 0.15) is 5.69 Å². The van der Waals surface area contributed by atoms with Crippen LogP contribution in [0.1, 0.15) is 31.3 Å². The third-order valence-electron chi connectivity index (χ3n) is 2.05. The smallest absolute Gasteiger partial charge is 0.189 e. The van der Waals surface area contributed by atoms with Crippen molar-refractivity contribution in [1.82, 2.24) is 4.98 Å². The van der Waals surface area contributed by atoms with Crippen molar-refractivity contribution in [2.75, 3.05) is 11.1 Å². The predicted molar refractivity (Wildman–Crippen MR) is 69.7 cm³/mol. The minimum absolute atomic E-state index is 0.00628. The van der Waals surface area contributed by atoms with E-state index < -0.39 is 0 Å². The molecule has 0 saturated heterocycles. The molecule has 0 saturated carbocycles. The second kappa shape index (κ2) is 4.18. The molecule has 6 heteroatoms. The van der Waals surface area contributed by atoms with Crippen molar-refractivity contribution >= 4 is 39.2 Å². The molecule has 1 aliphatic rings. The number of aliphatic imine (C=N–C) groups is 1. The predicted octanol–water partition coefficient (Wildman–Crippen LogP) is 2.64. The molecule has 0 spiro atoms. The van der Waals surface area contributed by atoms with Gasteiger partial charge < -0.3 is 5.32 Å². The molecule has 0 aliphatic carbocycles. The number of rotatable bonds is 2. The number of thiazole rings is 1. The molecule has 0 unspecified atom stereocenters. The Kier molecular flexibility index (Phi) is 3.03. The van der Waals surface area contributed by atoms with Crippen LogP contribution in [0, 0.1) is 0 Å². The molecule has 0 amide bonds. The van der Waals surface area contributed by atoms with Crippen LogP contribution in [0.3, 0.4) is 0 Å². The molecular formula is C10H13N3OS2. The Morgan fingerprint density at radius 2 is 2.31 bits per heavy atom. The van der Waals surface area contributed by atoms with E-state index >= 15 is 0 Å².